The first kappa shape index (κ1) is 29.9. The number of benzene rings is 3. The second kappa shape index (κ2) is 14.0. The summed E-state index contributed by atoms with van der Waals surface area (Å²) in [6.07, 6.45) is 0.524. The fourth-order valence-electron chi connectivity index (χ4n) is 4.25. The van der Waals surface area contributed by atoms with Crippen LogP contribution >= 0.6 is 0 Å². The van der Waals surface area contributed by atoms with Crippen molar-refractivity contribution in [3.8, 4) is 5.75 Å². The van der Waals surface area contributed by atoms with Crippen LogP contribution < -0.4 is 10.1 Å². The number of ether oxygens (including phenoxy) is 1. The molecule has 41 heavy (non-hydrogen) atoms. The predicted molar refractivity (Wildman–Crippen MR) is 154 cm³/mol. The summed E-state index contributed by atoms with van der Waals surface area (Å²) >= 11 is 0. The average molecular weight is 576 g/mol. The van der Waals surface area contributed by atoms with Gasteiger partial charge in [-0.1, -0.05) is 48.5 Å². The molecule has 0 aliphatic carbocycles. The van der Waals surface area contributed by atoms with E-state index < -0.39 is 34.7 Å². The van der Waals surface area contributed by atoms with Gasteiger partial charge < -0.3 is 20.3 Å². The Kier molecular flexibility index (Phi) is 10.2. The van der Waals surface area contributed by atoms with Crippen molar-refractivity contribution in [3.05, 3.63) is 126 Å². The van der Waals surface area contributed by atoms with Crippen molar-refractivity contribution in [1.29, 1.82) is 0 Å². The van der Waals surface area contributed by atoms with Crippen LogP contribution in [0.1, 0.15) is 40.2 Å². The van der Waals surface area contributed by atoms with Crippen LogP contribution in [0.3, 0.4) is 0 Å². The lowest BCUT2D eigenvalue weighted by Gasteiger charge is -2.23. The lowest BCUT2D eigenvalue weighted by molar-refractivity contribution is 0.0703. The van der Waals surface area contributed by atoms with Crippen molar-refractivity contribution in [2.45, 2.75) is 37.1 Å². The molecule has 10 heteroatoms. The minimum atomic E-state index is -3.91. The topological polar surface area (TPSA) is 129 Å². The smallest absolute Gasteiger partial charge is 0.251 e. The molecular formula is C31H33N3O6S. The number of aromatic nitrogens is 1. The molecule has 0 saturated carbocycles. The molecule has 0 bridgehead atoms. The Bertz CT molecular complexity index is 1500. The number of hydrogen-bond acceptors (Lipinski definition) is 7. The maximum atomic E-state index is 13.7. The van der Waals surface area contributed by atoms with Gasteiger partial charge in [-0.05, 0) is 66.6 Å². The molecule has 1 heterocycles. The van der Waals surface area contributed by atoms with E-state index in [1.54, 1.807) is 85.1 Å². The van der Waals surface area contributed by atoms with E-state index in [-0.39, 0.29) is 18.0 Å². The molecule has 3 N–H and O–H groups in total. The number of carbonyl (C=O) groups excluding carboxylic acids is 1. The van der Waals surface area contributed by atoms with E-state index in [0.717, 1.165) is 0 Å². The number of carbonyl (C=O) groups is 1. The highest BCUT2D eigenvalue weighted by molar-refractivity contribution is 7.89. The Hall–Kier alpha value is -4.09. The normalized spacial score (nSPS) is 13.0. The lowest BCUT2D eigenvalue weighted by atomic mass is 10.0. The summed E-state index contributed by atoms with van der Waals surface area (Å²) in [4.78, 5) is 17.3. The Morgan fingerprint density at radius 2 is 1.61 bits per heavy atom. The molecule has 2 atom stereocenters. The molecule has 0 unspecified atom stereocenters. The van der Waals surface area contributed by atoms with Gasteiger partial charge in [0.2, 0.25) is 10.0 Å². The average Bonchev–Trinajstić information content (AvgIpc) is 3.01. The van der Waals surface area contributed by atoms with Crippen LogP contribution in [-0.2, 0) is 23.1 Å². The monoisotopic (exact) mass is 575 g/mol. The fourth-order valence-corrected chi connectivity index (χ4v) is 5.65. The number of hydrogen-bond donors (Lipinski definition) is 3. The van der Waals surface area contributed by atoms with Gasteiger partial charge >= 0.3 is 0 Å². The third-order valence-electron chi connectivity index (χ3n) is 6.45. The Balaban J connectivity index is 1.51. The molecule has 4 aromatic rings. The molecule has 1 amide bonds. The maximum Gasteiger partial charge on any atom is 0.251 e. The first-order valence-corrected chi connectivity index (χ1v) is 14.6. The van der Waals surface area contributed by atoms with E-state index in [4.69, 9.17) is 4.74 Å². The number of aliphatic hydroxyl groups excluding tert-OH is 2. The van der Waals surface area contributed by atoms with Crippen LogP contribution in [0.25, 0.3) is 0 Å². The molecule has 9 nitrogen and oxygen atoms in total. The zero-order chi connectivity index (χ0) is 29.2. The number of sulfonamides is 1. The number of nitrogens with one attached hydrogen (secondary N) is 1. The largest absolute Gasteiger partial charge is 0.494 e. The standard InChI is InChI=1S/C31H33N3O6S/c1-2-40-27-15-17-28(18-16-27)41(38,39)34(21-26-10-6-7-19-32-26)20-23-11-13-25(14-12-23)31(37)33-29(22-35)30(36)24-8-4-3-5-9-24/h3-19,29-30,35-36H,2,20-22H2,1H3,(H,33,37)/t29-,30+/m0/s1. The van der Waals surface area contributed by atoms with E-state index in [1.165, 1.54) is 16.4 Å². The van der Waals surface area contributed by atoms with Crippen LogP contribution in [0.15, 0.2) is 108 Å². The van der Waals surface area contributed by atoms with E-state index >= 15 is 0 Å². The first-order chi connectivity index (χ1) is 19.8. The summed E-state index contributed by atoms with van der Waals surface area (Å²) in [5, 5.41) is 23.1. The van der Waals surface area contributed by atoms with Gasteiger partial charge in [0.1, 0.15) is 11.9 Å². The Morgan fingerprint density at radius 3 is 2.22 bits per heavy atom. The second-order valence-electron chi connectivity index (χ2n) is 9.31. The minimum absolute atomic E-state index is 0.0417. The van der Waals surface area contributed by atoms with Gasteiger partial charge in [-0.25, -0.2) is 8.42 Å². The van der Waals surface area contributed by atoms with E-state index in [2.05, 4.69) is 10.3 Å². The van der Waals surface area contributed by atoms with Crippen molar-refractivity contribution < 1.29 is 28.2 Å². The number of aliphatic hydroxyl groups is 2. The summed E-state index contributed by atoms with van der Waals surface area (Å²) in [6.45, 7) is 1.97. The van der Waals surface area contributed by atoms with Gasteiger partial charge in [0.25, 0.3) is 5.91 Å². The van der Waals surface area contributed by atoms with E-state index in [1.807, 2.05) is 13.0 Å². The molecule has 0 saturated heterocycles. The molecule has 3 aromatic carbocycles. The third-order valence-corrected chi connectivity index (χ3v) is 8.25. The molecule has 1 aromatic heterocycles. The Morgan fingerprint density at radius 1 is 0.927 bits per heavy atom. The van der Waals surface area contributed by atoms with Crippen molar-refractivity contribution in [2.24, 2.45) is 0 Å². The van der Waals surface area contributed by atoms with E-state index in [9.17, 15) is 23.4 Å². The number of rotatable bonds is 13. The van der Waals surface area contributed by atoms with Crippen LogP contribution in [0.5, 0.6) is 5.75 Å². The highest BCUT2D eigenvalue weighted by Gasteiger charge is 2.26. The minimum Gasteiger partial charge on any atom is -0.494 e. The van der Waals surface area contributed by atoms with Crippen molar-refractivity contribution >= 4 is 15.9 Å². The third kappa shape index (κ3) is 7.77. The summed E-state index contributed by atoms with van der Waals surface area (Å²) in [7, 11) is -3.91. The number of pyridine rings is 1. The molecule has 4 rings (SSSR count). The molecule has 0 aliphatic rings. The van der Waals surface area contributed by atoms with Gasteiger partial charge in [-0.3, -0.25) is 9.78 Å². The molecule has 0 aliphatic heterocycles. The van der Waals surface area contributed by atoms with Crippen molar-refractivity contribution in [1.82, 2.24) is 14.6 Å². The zero-order valence-corrected chi connectivity index (χ0v) is 23.4. The van der Waals surface area contributed by atoms with Gasteiger partial charge in [-0.2, -0.15) is 4.31 Å². The highest BCUT2D eigenvalue weighted by atomic mass is 32.2. The molecule has 0 radical (unpaired) electrons. The SMILES string of the molecule is CCOc1ccc(S(=O)(=O)N(Cc2ccc(C(=O)N[C@@H](CO)[C@H](O)c3ccccc3)cc2)Cc2ccccn2)cc1. The zero-order valence-electron chi connectivity index (χ0n) is 22.6. The summed E-state index contributed by atoms with van der Waals surface area (Å²) < 4.78 is 34.1. The van der Waals surface area contributed by atoms with Gasteiger partial charge in [0, 0.05) is 18.3 Å². The second-order valence-corrected chi connectivity index (χ2v) is 11.3. The number of amides is 1. The van der Waals surface area contributed by atoms with Crippen molar-refractivity contribution in [2.75, 3.05) is 13.2 Å². The Labute approximate surface area is 240 Å². The summed E-state index contributed by atoms with van der Waals surface area (Å²) in [5.41, 5.74) is 2.13. The van der Waals surface area contributed by atoms with E-state index in [0.29, 0.717) is 34.7 Å². The lowest BCUT2D eigenvalue weighted by Crippen LogP contribution is -2.42. The quantitative estimate of drug-likeness (QED) is 0.222. The first-order valence-electron chi connectivity index (χ1n) is 13.2. The maximum absolute atomic E-state index is 13.7. The molecular weight excluding hydrogens is 542 g/mol. The van der Waals surface area contributed by atoms with Crippen LogP contribution in [0.2, 0.25) is 0 Å². The van der Waals surface area contributed by atoms with Crippen LogP contribution in [-0.4, -0.2) is 53.1 Å². The molecule has 0 fully saturated rings. The summed E-state index contributed by atoms with van der Waals surface area (Å²) in [6, 6.07) is 26.0. The van der Waals surface area contributed by atoms with Gasteiger partial charge in [0.15, 0.2) is 0 Å². The van der Waals surface area contributed by atoms with Gasteiger partial charge in [-0.15, -0.1) is 0 Å². The number of nitrogens with zero attached hydrogens (tertiary/aromatic N) is 2. The van der Waals surface area contributed by atoms with Crippen LogP contribution in [0, 0.1) is 0 Å². The van der Waals surface area contributed by atoms with Crippen LogP contribution in [0.4, 0.5) is 0 Å². The molecule has 214 valence electrons. The van der Waals surface area contributed by atoms with Gasteiger partial charge in [0.05, 0.1) is 36.4 Å². The summed E-state index contributed by atoms with van der Waals surface area (Å²) in [5.74, 6) is 0.106. The molecule has 0 spiro atoms. The fraction of sp³-hybridized carbons (Fsp3) is 0.226. The predicted octanol–water partition coefficient (Wildman–Crippen LogP) is 3.70. The highest BCUT2D eigenvalue weighted by Crippen LogP contribution is 2.24. The van der Waals surface area contributed by atoms with Crippen molar-refractivity contribution in [3.63, 3.8) is 0 Å².